The second-order valence-electron chi connectivity index (χ2n) is 6.65. The number of carboxylic acid groups (broad SMARTS) is 1. The number of aryl methyl sites for hydroxylation is 2. The van der Waals surface area contributed by atoms with E-state index in [1.54, 1.807) is 4.68 Å². The standard InChI is InChI=1S/C20H19N5O2/c1-13-12-16(23-25(13)2)20(18-17(19(26)27)21-24-22-18)10-8-15(9-11-20)14-6-4-3-5-7-14/h3-10,12H,11H2,1-2H3,(H,26,27)(H,21,22,24). The van der Waals surface area contributed by atoms with E-state index in [0.29, 0.717) is 12.1 Å². The number of hydrogen-bond donors (Lipinski definition) is 2. The zero-order valence-electron chi connectivity index (χ0n) is 15.0. The topological polar surface area (TPSA) is 96.7 Å². The van der Waals surface area contributed by atoms with Gasteiger partial charge < -0.3 is 5.11 Å². The first kappa shape index (κ1) is 17.0. The van der Waals surface area contributed by atoms with Crippen LogP contribution >= 0.6 is 0 Å². The maximum Gasteiger partial charge on any atom is 0.358 e. The highest BCUT2D eigenvalue weighted by Gasteiger charge is 2.41. The van der Waals surface area contributed by atoms with E-state index in [1.807, 2.05) is 62.5 Å². The van der Waals surface area contributed by atoms with E-state index in [9.17, 15) is 9.90 Å². The first-order chi connectivity index (χ1) is 13.0. The Morgan fingerprint density at radius 3 is 2.63 bits per heavy atom. The maximum atomic E-state index is 11.7. The van der Waals surface area contributed by atoms with Crippen LogP contribution in [0, 0.1) is 6.92 Å². The monoisotopic (exact) mass is 361 g/mol. The number of rotatable bonds is 4. The third-order valence-corrected chi connectivity index (χ3v) is 5.04. The summed E-state index contributed by atoms with van der Waals surface area (Å²) >= 11 is 0. The lowest BCUT2D eigenvalue weighted by molar-refractivity contribution is 0.0688. The number of aromatic nitrogens is 5. The van der Waals surface area contributed by atoms with E-state index >= 15 is 0 Å². The Bertz CT molecular complexity index is 1040. The first-order valence-electron chi connectivity index (χ1n) is 8.62. The molecule has 3 aromatic rings. The van der Waals surface area contributed by atoms with Gasteiger partial charge in [0.1, 0.15) is 5.69 Å². The molecule has 0 aliphatic heterocycles. The molecule has 0 radical (unpaired) electrons. The summed E-state index contributed by atoms with van der Waals surface area (Å²) < 4.78 is 1.78. The molecule has 0 spiro atoms. The molecule has 0 fully saturated rings. The average molecular weight is 361 g/mol. The van der Waals surface area contributed by atoms with E-state index in [4.69, 9.17) is 0 Å². The highest BCUT2D eigenvalue weighted by atomic mass is 16.4. The summed E-state index contributed by atoms with van der Waals surface area (Å²) in [7, 11) is 1.87. The van der Waals surface area contributed by atoms with Crippen LogP contribution in [0.3, 0.4) is 0 Å². The number of nitrogens with one attached hydrogen (secondary N) is 1. The second-order valence-corrected chi connectivity index (χ2v) is 6.65. The van der Waals surface area contributed by atoms with Crippen LogP contribution in [0.25, 0.3) is 5.57 Å². The highest BCUT2D eigenvalue weighted by molar-refractivity contribution is 5.87. The zero-order chi connectivity index (χ0) is 19.0. The second kappa shape index (κ2) is 6.35. The van der Waals surface area contributed by atoms with Crippen molar-refractivity contribution in [3.8, 4) is 0 Å². The van der Waals surface area contributed by atoms with Gasteiger partial charge in [-0.1, -0.05) is 48.6 Å². The fourth-order valence-electron chi connectivity index (χ4n) is 3.44. The summed E-state index contributed by atoms with van der Waals surface area (Å²) in [6, 6.07) is 12.0. The molecule has 1 aliphatic rings. The van der Waals surface area contributed by atoms with Crippen LogP contribution in [0.4, 0.5) is 0 Å². The van der Waals surface area contributed by atoms with Crippen molar-refractivity contribution in [3.63, 3.8) is 0 Å². The van der Waals surface area contributed by atoms with Crippen LogP contribution in [0.5, 0.6) is 0 Å². The first-order valence-corrected chi connectivity index (χ1v) is 8.62. The summed E-state index contributed by atoms with van der Waals surface area (Å²) in [6.07, 6.45) is 6.63. The van der Waals surface area contributed by atoms with Crippen LogP contribution in [0.15, 0.2) is 54.6 Å². The number of allylic oxidation sites excluding steroid dienone is 4. The number of aromatic carboxylic acids is 1. The molecule has 2 heterocycles. The minimum atomic E-state index is -1.11. The molecular weight excluding hydrogens is 342 g/mol. The van der Waals surface area contributed by atoms with Crippen LogP contribution in [-0.2, 0) is 12.5 Å². The number of H-pyrrole nitrogens is 1. The maximum absolute atomic E-state index is 11.7. The van der Waals surface area contributed by atoms with Crippen LogP contribution in [0.1, 0.15) is 39.6 Å². The molecule has 2 aromatic heterocycles. The lowest BCUT2D eigenvalue weighted by Crippen LogP contribution is -2.30. The van der Waals surface area contributed by atoms with Crippen molar-refractivity contribution in [3.05, 3.63) is 83.0 Å². The number of hydrogen-bond acceptors (Lipinski definition) is 4. The number of carboxylic acids is 1. The average Bonchev–Trinajstić information content (AvgIpc) is 3.30. The smallest absolute Gasteiger partial charge is 0.358 e. The summed E-state index contributed by atoms with van der Waals surface area (Å²) in [5.41, 5.74) is 3.42. The quantitative estimate of drug-likeness (QED) is 0.745. The number of aromatic amines is 1. The Labute approximate surface area is 156 Å². The van der Waals surface area contributed by atoms with Crippen molar-refractivity contribution in [2.24, 2.45) is 7.05 Å². The van der Waals surface area contributed by atoms with Gasteiger partial charge in [0.2, 0.25) is 0 Å². The summed E-state index contributed by atoms with van der Waals surface area (Å²) in [5, 5.41) is 24.7. The van der Waals surface area contributed by atoms with Gasteiger partial charge in [0.25, 0.3) is 0 Å². The normalized spacial score (nSPS) is 19.1. The molecule has 27 heavy (non-hydrogen) atoms. The summed E-state index contributed by atoms with van der Waals surface area (Å²) in [5.74, 6) is -1.11. The van der Waals surface area contributed by atoms with Crippen molar-refractivity contribution in [2.75, 3.05) is 0 Å². The Morgan fingerprint density at radius 2 is 2.04 bits per heavy atom. The summed E-state index contributed by atoms with van der Waals surface area (Å²) in [4.78, 5) is 11.7. The van der Waals surface area contributed by atoms with Gasteiger partial charge in [-0.2, -0.15) is 15.4 Å². The van der Waals surface area contributed by atoms with Gasteiger partial charge in [-0.05, 0) is 30.5 Å². The van der Waals surface area contributed by atoms with Gasteiger partial charge in [0.15, 0.2) is 5.69 Å². The zero-order valence-corrected chi connectivity index (χ0v) is 15.0. The van der Waals surface area contributed by atoms with Crippen LogP contribution in [-0.4, -0.2) is 36.3 Å². The van der Waals surface area contributed by atoms with Gasteiger partial charge >= 0.3 is 5.97 Å². The molecule has 1 aliphatic carbocycles. The minimum Gasteiger partial charge on any atom is -0.476 e. The van der Waals surface area contributed by atoms with E-state index in [1.165, 1.54) is 0 Å². The van der Waals surface area contributed by atoms with Crippen molar-refractivity contribution >= 4 is 11.5 Å². The number of benzene rings is 1. The Balaban J connectivity index is 1.85. The van der Waals surface area contributed by atoms with Crippen LogP contribution < -0.4 is 0 Å². The van der Waals surface area contributed by atoms with Gasteiger partial charge in [0, 0.05) is 12.7 Å². The molecule has 0 bridgehead atoms. The predicted molar refractivity (Wildman–Crippen MR) is 100 cm³/mol. The van der Waals surface area contributed by atoms with Crippen molar-refractivity contribution in [1.29, 1.82) is 0 Å². The molecule has 0 saturated carbocycles. The Morgan fingerprint density at radius 1 is 1.26 bits per heavy atom. The van der Waals surface area contributed by atoms with E-state index < -0.39 is 11.4 Å². The SMILES string of the molecule is Cc1cc(C2(c3n[nH]nc3C(=O)O)C=CC(c3ccccc3)=CC2)nn1C. The van der Waals surface area contributed by atoms with Crippen molar-refractivity contribution < 1.29 is 9.90 Å². The third-order valence-electron chi connectivity index (χ3n) is 5.04. The van der Waals surface area contributed by atoms with Crippen LogP contribution in [0.2, 0.25) is 0 Å². The molecule has 0 amide bonds. The molecule has 1 unspecified atom stereocenters. The van der Waals surface area contributed by atoms with E-state index in [0.717, 1.165) is 22.5 Å². The molecule has 7 heteroatoms. The third kappa shape index (κ3) is 2.77. The van der Waals surface area contributed by atoms with E-state index in [-0.39, 0.29) is 5.69 Å². The molecule has 136 valence electrons. The van der Waals surface area contributed by atoms with Crippen molar-refractivity contribution in [1.82, 2.24) is 25.2 Å². The fraction of sp³-hybridized carbons (Fsp3) is 0.200. The number of nitrogens with zero attached hydrogens (tertiary/aromatic N) is 4. The van der Waals surface area contributed by atoms with Gasteiger partial charge in [-0.3, -0.25) is 4.68 Å². The molecule has 4 rings (SSSR count). The van der Waals surface area contributed by atoms with E-state index in [2.05, 4.69) is 26.6 Å². The lowest BCUT2D eigenvalue weighted by atomic mass is 9.73. The Hall–Kier alpha value is -3.48. The van der Waals surface area contributed by atoms with Gasteiger partial charge in [-0.25, -0.2) is 4.79 Å². The largest absolute Gasteiger partial charge is 0.476 e. The number of carbonyl (C=O) groups is 1. The fourth-order valence-corrected chi connectivity index (χ4v) is 3.44. The van der Waals surface area contributed by atoms with Gasteiger partial charge in [-0.15, -0.1) is 5.10 Å². The molecule has 1 atom stereocenters. The predicted octanol–water partition coefficient (Wildman–Crippen LogP) is 2.87. The molecular formula is C20H19N5O2. The van der Waals surface area contributed by atoms with Crippen molar-refractivity contribution in [2.45, 2.75) is 18.8 Å². The molecule has 1 aromatic carbocycles. The summed E-state index contributed by atoms with van der Waals surface area (Å²) in [6.45, 7) is 1.96. The lowest BCUT2D eigenvalue weighted by Gasteiger charge is -2.29. The minimum absolute atomic E-state index is 0.0838. The molecule has 7 nitrogen and oxygen atoms in total. The Kier molecular flexibility index (Phi) is 3.99. The van der Waals surface area contributed by atoms with Gasteiger partial charge in [0.05, 0.1) is 11.1 Å². The highest BCUT2D eigenvalue weighted by Crippen LogP contribution is 2.41. The molecule has 2 N–H and O–H groups in total. The molecule has 0 saturated heterocycles.